The first-order valence-electron chi connectivity index (χ1n) is 6.78. The van der Waals surface area contributed by atoms with E-state index in [2.05, 4.69) is 17.6 Å². The van der Waals surface area contributed by atoms with Crippen LogP contribution in [0, 0.1) is 0 Å². The van der Waals surface area contributed by atoms with Gasteiger partial charge in [0.2, 0.25) is 0 Å². The van der Waals surface area contributed by atoms with Gasteiger partial charge in [-0.15, -0.1) is 0 Å². The number of nitrogens with zero attached hydrogens (tertiary/aromatic N) is 1. The molecule has 0 radical (unpaired) electrons. The van der Waals surface area contributed by atoms with Crippen LogP contribution in [0.4, 0.5) is 0 Å². The number of hydrogen-bond donors (Lipinski definition) is 1. The third-order valence-corrected chi connectivity index (χ3v) is 3.73. The molecular weight excluding hydrogens is 495 g/mol. The predicted octanol–water partition coefficient (Wildman–Crippen LogP) is 1.50. The molecule has 6 heteroatoms. The van der Waals surface area contributed by atoms with Crippen molar-refractivity contribution in [3.63, 3.8) is 0 Å². The molecule has 0 spiro atoms. The van der Waals surface area contributed by atoms with Gasteiger partial charge in [0.05, 0.1) is 0 Å². The first-order chi connectivity index (χ1) is 10.6. The van der Waals surface area contributed by atoms with Gasteiger partial charge in [0.1, 0.15) is 0 Å². The molecule has 0 heterocycles. The third kappa shape index (κ3) is 3.19. The van der Waals surface area contributed by atoms with Crippen molar-refractivity contribution in [1.82, 2.24) is 0 Å². The summed E-state index contributed by atoms with van der Waals surface area (Å²) in [5.41, 5.74) is 1.67. The molecule has 0 saturated carbocycles. The normalized spacial score (nSPS) is 13.2. The summed E-state index contributed by atoms with van der Waals surface area (Å²) in [6, 6.07) is 11.2. The summed E-state index contributed by atoms with van der Waals surface area (Å²) in [6.45, 7) is 0.314. The van der Waals surface area contributed by atoms with E-state index < -0.39 is 5.90 Å². The Balaban J connectivity index is 0.00000192. The van der Waals surface area contributed by atoms with Crippen molar-refractivity contribution in [2.75, 3.05) is 12.3 Å². The average Bonchev–Trinajstić information content (AvgIpc) is 2.57. The number of rotatable bonds is 3. The summed E-state index contributed by atoms with van der Waals surface area (Å²) in [7, 11) is 0. The topological polar surface area (TPSA) is 69.6 Å². The molecule has 0 aliphatic heterocycles. The van der Waals surface area contributed by atoms with Gasteiger partial charge >= 0.3 is 22.4 Å². The molecule has 0 N–H and O–H groups in total. The Morgan fingerprint density at radius 3 is 2.13 bits per heavy atom. The summed E-state index contributed by atoms with van der Waals surface area (Å²) < 4.78 is 0. The number of hydrogen-bond acceptors (Lipinski definition) is 5. The molecule has 0 saturated heterocycles. The standard InChI is InChI=1S/C17H13NO3S.Au/c19-15-11-3-1-2-4-12(11)16(20)14-9-10(5-6-13(14)15)17(21)18-7-8-22;/h1-6,9,22H,7-8H2,(H,18,21);/q;+1/p-1. The Labute approximate surface area is 154 Å². The van der Waals surface area contributed by atoms with E-state index in [1.165, 1.54) is 18.2 Å². The Kier molecular flexibility index (Phi) is 5.60. The van der Waals surface area contributed by atoms with Gasteiger partial charge in [-0.25, -0.2) is 0 Å². The van der Waals surface area contributed by atoms with E-state index in [1.807, 2.05) is 0 Å². The number of carbonyl (C=O) groups is 2. The zero-order chi connectivity index (χ0) is 15.7. The van der Waals surface area contributed by atoms with Gasteiger partial charge in [-0.05, 0) is 23.6 Å². The van der Waals surface area contributed by atoms with Crippen LogP contribution < -0.4 is 5.11 Å². The molecule has 23 heavy (non-hydrogen) atoms. The van der Waals surface area contributed by atoms with Crippen molar-refractivity contribution < 1.29 is 37.1 Å². The van der Waals surface area contributed by atoms with Crippen molar-refractivity contribution in [3.8, 4) is 0 Å². The quantitative estimate of drug-likeness (QED) is 0.253. The molecule has 0 bridgehead atoms. The molecule has 4 nitrogen and oxygen atoms in total. The maximum Gasteiger partial charge on any atom is 1.00 e. The van der Waals surface area contributed by atoms with Crippen molar-refractivity contribution in [2.45, 2.75) is 0 Å². The van der Waals surface area contributed by atoms with E-state index in [0.717, 1.165) is 0 Å². The molecule has 2 aromatic carbocycles. The van der Waals surface area contributed by atoms with Gasteiger partial charge in [0.25, 0.3) is 0 Å². The second-order valence-corrected chi connectivity index (χ2v) is 5.32. The van der Waals surface area contributed by atoms with Crippen LogP contribution in [0.3, 0.4) is 0 Å². The zero-order valence-corrected chi connectivity index (χ0v) is 14.9. The molecule has 0 aromatic heterocycles. The molecule has 2 aromatic rings. The number of carbonyl (C=O) groups excluding carboxylic acids is 2. The van der Waals surface area contributed by atoms with Crippen molar-refractivity contribution in [3.05, 3.63) is 70.3 Å². The van der Waals surface area contributed by atoms with E-state index in [4.69, 9.17) is 0 Å². The molecule has 0 amide bonds. The molecule has 0 fully saturated rings. The van der Waals surface area contributed by atoms with Crippen LogP contribution in [0.5, 0.6) is 0 Å². The van der Waals surface area contributed by atoms with Crippen LogP contribution in [0.2, 0.25) is 0 Å². The van der Waals surface area contributed by atoms with Crippen LogP contribution in [0.15, 0.2) is 47.5 Å². The number of aliphatic imine (C=N–C) groups is 1. The Morgan fingerprint density at radius 1 is 0.957 bits per heavy atom. The van der Waals surface area contributed by atoms with E-state index >= 15 is 0 Å². The number of ketones is 2. The monoisotopic (exact) mass is 507 g/mol. The van der Waals surface area contributed by atoms with Gasteiger partial charge in [-0.1, -0.05) is 30.3 Å². The molecule has 1 aliphatic carbocycles. The second-order valence-electron chi connectivity index (χ2n) is 4.87. The maximum absolute atomic E-state index is 12.5. The van der Waals surface area contributed by atoms with Crippen molar-refractivity contribution in [2.24, 2.45) is 4.99 Å². The summed E-state index contributed by atoms with van der Waals surface area (Å²) in [5, 5.41) is 11.9. The number of benzene rings is 2. The second kappa shape index (κ2) is 7.27. The fourth-order valence-corrected chi connectivity index (χ4v) is 2.58. The summed E-state index contributed by atoms with van der Waals surface area (Å²) >= 11 is 4.00. The first-order valence-corrected chi connectivity index (χ1v) is 7.42. The SMILES string of the molecule is O=C1c2ccccc2C(=O)c2cc(C([O-])=NCCS)ccc21.[Au+]. The van der Waals surface area contributed by atoms with Crippen molar-refractivity contribution in [1.29, 1.82) is 0 Å². The van der Waals surface area contributed by atoms with Gasteiger partial charge in [-0.2, -0.15) is 12.6 Å². The Hall–Kier alpha value is -1.66. The smallest absolute Gasteiger partial charge is 0.858 e. The van der Waals surface area contributed by atoms with E-state index in [1.54, 1.807) is 24.3 Å². The Morgan fingerprint density at radius 2 is 1.52 bits per heavy atom. The number of thiol groups is 1. The summed E-state index contributed by atoms with van der Waals surface area (Å²) in [4.78, 5) is 28.8. The minimum atomic E-state index is -0.407. The molecule has 1 aliphatic rings. The molecule has 0 unspecified atom stereocenters. The van der Waals surface area contributed by atoms with Crippen LogP contribution in [-0.2, 0) is 22.4 Å². The summed E-state index contributed by atoms with van der Waals surface area (Å²) in [6.07, 6.45) is 0. The van der Waals surface area contributed by atoms with Crippen LogP contribution >= 0.6 is 12.6 Å². The Bertz CT molecular complexity index is 817. The van der Waals surface area contributed by atoms with Crippen LogP contribution in [0.1, 0.15) is 37.4 Å². The molecule has 0 atom stereocenters. The van der Waals surface area contributed by atoms with E-state index in [-0.39, 0.29) is 39.5 Å². The van der Waals surface area contributed by atoms with Gasteiger partial charge in [0, 0.05) is 34.6 Å². The van der Waals surface area contributed by atoms with Gasteiger partial charge in [0.15, 0.2) is 11.6 Å². The minimum Gasteiger partial charge on any atom is -0.858 e. The molecule has 120 valence electrons. The van der Waals surface area contributed by atoms with Crippen LogP contribution in [-0.4, -0.2) is 29.8 Å². The third-order valence-electron chi connectivity index (χ3n) is 3.53. The first kappa shape index (κ1) is 17.7. The number of fused-ring (bicyclic) bond motifs is 2. The largest absolute Gasteiger partial charge is 1.00 e. The zero-order valence-electron chi connectivity index (χ0n) is 11.9. The van der Waals surface area contributed by atoms with Gasteiger partial charge < -0.3 is 5.11 Å². The van der Waals surface area contributed by atoms with Gasteiger partial charge in [-0.3, -0.25) is 14.6 Å². The van der Waals surface area contributed by atoms with Crippen LogP contribution in [0.25, 0.3) is 0 Å². The minimum absolute atomic E-state index is 0. The fraction of sp³-hybridized carbons (Fsp3) is 0.118. The summed E-state index contributed by atoms with van der Waals surface area (Å²) in [5.74, 6) is -0.372. The molecular formula is C17H12AuNO3S. The fourth-order valence-electron chi connectivity index (χ4n) is 2.48. The van der Waals surface area contributed by atoms with E-state index in [0.29, 0.717) is 34.6 Å². The van der Waals surface area contributed by atoms with Crippen molar-refractivity contribution >= 4 is 30.1 Å². The molecule has 3 rings (SSSR count). The average molecular weight is 507 g/mol. The maximum atomic E-state index is 12.5. The predicted molar refractivity (Wildman–Crippen MR) is 85.0 cm³/mol. The van der Waals surface area contributed by atoms with E-state index in [9.17, 15) is 14.7 Å².